The Bertz CT molecular complexity index is 845. The van der Waals surface area contributed by atoms with E-state index in [9.17, 15) is 13.2 Å². The fourth-order valence-electron chi connectivity index (χ4n) is 3.67. The highest BCUT2D eigenvalue weighted by Crippen LogP contribution is 2.24. The lowest BCUT2D eigenvalue weighted by molar-refractivity contribution is -0.192. The van der Waals surface area contributed by atoms with Crippen molar-refractivity contribution in [2.24, 2.45) is 0 Å². The molecule has 0 aromatic carbocycles. The molecule has 32 heavy (non-hydrogen) atoms. The molecule has 0 aliphatic carbocycles. The molecule has 0 bridgehead atoms. The molecule has 3 rings (SSSR count). The number of rotatable bonds is 8. The first-order valence-electron chi connectivity index (χ1n) is 10.8. The summed E-state index contributed by atoms with van der Waals surface area (Å²) in [5, 5.41) is 16.2. The lowest BCUT2D eigenvalue weighted by Gasteiger charge is -2.34. The molecule has 1 unspecified atom stereocenters. The zero-order chi connectivity index (χ0) is 23.9. The maximum absolute atomic E-state index is 10.6. The van der Waals surface area contributed by atoms with E-state index in [-0.39, 0.29) is 0 Å². The standard InChI is InChI=1S/C19H32N6.C2HF3O2/c1-5-22(6-2)10-8-19-15-23(14-18-7-9-20-25(18)19)12-17-11-21-24(13-17)16(3)4;3-2(4,5)1(6)7/h7,9,11,13,16,19H,5-6,8,10,12,14-15H2,1-4H3;(H,6,7). The van der Waals surface area contributed by atoms with Crippen molar-refractivity contribution < 1.29 is 23.1 Å². The molecule has 180 valence electrons. The van der Waals surface area contributed by atoms with Crippen molar-refractivity contribution in [3.05, 3.63) is 35.9 Å². The minimum absolute atomic E-state index is 0.415. The number of hydrogen-bond acceptors (Lipinski definition) is 5. The van der Waals surface area contributed by atoms with Crippen molar-refractivity contribution in [3.63, 3.8) is 0 Å². The fourth-order valence-corrected chi connectivity index (χ4v) is 3.67. The highest BCUT2D eigenvalue weighted by molar-refractivity contribution is 5.73. The van der Waals surface area contributed by atoms with Crippen molar-refractivity contribution in [1.29, 1.82) is 0 Å². The molecule has 1 aliphatic rings. The number of alkyl halides is 3. The van der Waals surface area contributed by atoms with Gasteiger partial charge in [-0.15, -0.1) is 0 Å². The van der Waals surface area contributed by atoms with Crippen LogP contribution < -0.4 is 0 Å². The summed E-state index contributed by atoms with van der Waals surface area (Å²) in [5.74, 6) is -2.76. The summed E-state index contributed by atoms with van der Waals surface area (Å²) in [7, 11) is 0. The van der Waals surface area contributed by atoms with E-state index < -0.39 is 12.1 Å². The number of halogens is 3. The molecule has 0 amide bonds. The Morgan fingerprint density at radius 3 is 2.47 bits per heavy atom. The van der Waals surface area contributed by atoms with E-state index in [1.54, 1.807) is 0 Å². The van der Waals surface area contributed by atoms with Crippen LogP contribution in [0.5, 0.6) is 0 Å². The van der Waals surface area contributed by atoms with E-state index in [0.717, 1.165) is 45.7 Å². The summed E-state index contributed by atoms with van der Waals surface area (Å²) in [5.41, 5.74) is 2.62. The Morgan fingerprint density at radius 2 is 1.94 bits per heavy atom. The molecular formula is C21H33F3N6O2. The molecule has 0 radical (unpaired) electrons. The summed E-state index contributed by atoms with van der Waals surface area (Å²) < 4.78 is 36.0. The van der Waals surface area contributed by atoms with Gasteiger partial charge in [-0.1, -0.05) is 13.8 Å². The van der Waals surface area contributed by atoms with Gasteiger partial charge < -0.3 is 10.0 Å². The van der Waals surface area contributed by atoms with Gasteiger partial charge in [0.1, 0.15) is 0 Å². The van der Waals surface area contributed by atoms with Gasteiger partial charge in [0, 0.05) is 50.2 Å². The van der Waals surface area contributed by atoms with E-state index in [1.165, 1.54) is 11.3 Å². The predicted molar refractivity (Wildman–Crippen MR) is 114 cm³/mol. The summed E-state index contributed by atoms with van der Waals surface area (Å²) in [4.78, 5) is 13.9. The van der Waals surface area contributed by atoms with E-state index in [4.69, 9.17) is 9.90 Å². The first-order valence-corrected chi connectivity index (χ1v) is 10.8. The van der Waals surface area contributed by atoms with E-state index in [1.807, 2.05) is 17.1 Å². The molecule has 0 saturated carbocycles. The normalized spacial score (nSPS) is 16.7. The first-order chi connectivity index (χ1) is 15.0. The quantitative estimate of drug-likeness (QED) is 0.652. The SMILES string of the molecule is CCN(CC)CCC1CN(Cc2cnn(C(C)C)c2)Cc2ccnn21.O=C(O)C(F)(F)F. The second kappa shape index (κ2) is 11.5. The first kappa shape index (κ1) is 25.9. The monoisotopic (exact) mass is 458 g/mol. The van der Waals surface area contributed by atoms with Gasteiger partial charge in [0.05, 0.1) is 17.9 Å². The van der Waals surface area contributed by atoms with Crippen LogP contribution in [0.3, 0.4) is 0 Å². The topological polar surface area (TPSA) is 79.4 Å². The number of hydrogen-bond donors (Lipinski definition) is 1. The lowest BCUT2D eigenvalue weighted by atomic mass is 10.1. The van der Waals surface area contributed by atoms with Crippen molar-refractivity contribution >= 4 is 5.97 Å². The average Bonchev–Trinajstić information content (AvgIpc) is 3.38. The van der Waals surface area contributed by atoms with Crippen molar-refractivity contribution in [1.82, 2.24) is 29.4 Å². The molecule has 1 aliphatic heterocycles. The van der Waals surface area contributed by atoms with Gasteiger partial charge in [-0.3, -0.25) is 14.3 Å². The highest BCUT2D eigenvalue weighted by Gasteiger charge is 2.38. The predicted octanol–water partition coefficient (Wildman–Crippen LogP) is 3.58. The summed E-state index contributed by atoms with van der Waals surface area (Å²) in [6, 6.07) is 3.03. The van der Waals surface area contributed by atoms with Crippen LogP contribution in [0.2, 0.25) is 0 Å². The minimum Gasteiger partial charge on any atom is -0.475 e. The zero-order valence-corrected chi connectivity index (χ0v) is 19.1. The molecule has 1 atom stereocenters. The Kier molecular flexibility index (Phi) is 9.26. The number of nitrogens with zero attached hydrogens (tertiary/aromatic N) is 6. The third kappa shape index (κ3) is 7.33. The Hall–Kier alpha value is -2.40. The van der Waals surface area contributed by atoms with Crippen molar-refractivity contribution in [2.75, 3.05) is 26.2 Å². The van der Waals surface area contributed by atoms with Crippen LogP contribution in [0, 0.1) is 0 Å². The number of aromatic nitrogens is 4. The van der Waals surface area contributed by atoms with E-state index in [2.05, 4.69) is 64.6 Å². The van der Waals surface area contributed by atoms with Crippen LogP contribution in [0.4, 0.5) is 13.2 Å². The number of fused-ring (bicyclic) bond motifs is 1. The Morgan fingerprint density at radius 1 is 1.28 bits per heavy atom. The number of carboxylic acid groups (broad SMARTS) is 1. The Labute approximate surface area is 186 Å². The smallest absolute Gasteiger partial charge is 0.475 e. The number of carbonyl (C=O) groups is 1. The van der Waals surface area contributed by atoms with Crippen LogP contribution in [0.25, 0.3) is 0 Å². The van der Waals surface area contributed by atoms with Crippen LogP contribution in [-0.2, 0) is 17.9 Å². The second-order valence-electron chi connectivity index (χ2n) is 8.13. The number of carboxylic acids is 1. The summed E-state index contributed by atoms with van der Waals surface area (Å²) >= 11 is 0. The van der Waals surface area contributed by atoms with Gasteiger partial charge >= 0.3 is 12.1 Å². The van der Waals surface area contributed by atoms with Crippen LogP contribution in [0.15, 0.2) is 24.7 Å². The van der Waals surface area contributed by atoms with Crippen molar-refractivity contribution in [2.45, 2.75) is 65.5 Å². The second-order valence-corrected chi connectivity index (χ2v) is 8.13. The number of aliphatic carboxylic acids is 1. The largest absolute Gasteiger partial charge is 0.490 e. The van der Waals surface area contributed by atoms with Crippen LogP contribution in [0.1, 0.15) is 57.5 Å². The highest BCUT2D eigenvalue weighted by atomic mass is 19.4. The van der Waals surface area contributed by atoms with Crippen LogP contribution in [-0.4, -0.2) is 72.8 Å². The van der Waals surface area contributed by atoms with Gasteiger partial charge in [0.25, 0.3) is 0 Å². The molecule has 11 heteroatoms. The van der Waals surface area contributed by atoms with Crippen LogP contribution >= 0.6 is 0 Å². The molecule has 8 nitrogen and oxygen atoms in total. The summed E-state index contributed by atoms with van der Waals surface area (Å²) in [6.45, 7) is 15.2. The van der Waals surface area contributed by atoms with E-state index >= 15 is 0 Å². The van der Waals surface area contributed by atoms with Gasteiger partial charge in [0.15, 0.2) is 0 Å². The van der Waals surface area contributed by atoms with Gasteiger partial charge in [-0.05, 0) is 39.4 Å². The van der Waals surface area contributed by atoms with Gasteiger partial charge in [0.2, 0.25) is 0 Å². The molecule has 0 fully saturated rings. The lowest BCUT2D eigenvalue weighted by Crippen LogP contribution is -2.39. The molecule has 2 aromatic heterocycles. The average molecular weight is 459 g/mol. The van der Waals surface area contributed by atoms with E-state index in [0.29, 0.717) is 12.1 Å². The molecule has 3 heterocycles. The molecule has 1 N–H and O–H groups in total. The molecule has 0 spiro atoms. The van der Waals surface area contributed by atoms with Gasteiger partial charge in [-0.25, -0.2) is 4.79 Å². The van der Waals surface area contributed by atoms with Crippen molar-refractivity contribution in [3.8, 4) is 0 Å². The fraction of sp³-hybridized carbons (Fsp3) is 0.667. The molecule has 2 aromatic rings. The maximum atomic E-state index is 10.6. The third-order valence-corrected chi connectivity index (χ3v) is 5.46. The Balaban J connectivity index is 0.000000451. The zero-order valence-electron chi connectivity index (χ0n) is 19.1. The summed E-state index contributed by atoms with van der Waals surface area (Å²) in [6.07, 6.45) is 2.20. The minimum atomic E-state index is -5.08. The maximum Gasteiger partial charge on any atom is 0.490 e. The van der Waals surface area contributed by atoms with Gasteiger partial charge in [-0.2, -0.15) is 23.4 Å². The molecular weight excluding hydrogens is 425 g/mol. The third-order valence-electron chi connectivity index (χ3n) is 5.46. The molecule has 0 saturated heterocycles.